The van der Waals surface area contributed by atoms with Crippen LogP contribution >= 0.6 is 0 Å². The number of Topliss-reactive ketones (excluding diaryl/α,β-unsaturated/α-hetero) is 1. The molecule has 3 aromatic rings. The van der Waals surface area contributed by atoms with Crippen LogP contribution in [0.1, 0.15) is 40.9 Å². The number of aromatic amines is 1. The highest BCUT2D eigenvalue weighted by molar-refractivity contribution is 5.94. The van der Waals surface area contributed by atoms with Gasteiger partial charge in [0.05, 0.1) is 5.56 Å². The predicted octanol–water partition coefficient (Wildman–Crippen LogP) is 3.76. The quantitative estimate of drug-likeness (QED) is 0.515. The van der Waals surface area contributed by atoms with Crippen LogP contribution < -0.4 is 5.56 Å². The Balaban J connectivity index is 1.84. The molecule has 2 aromatic heterocycles. The van der Waals surface area contributed by atoms with Crippen molar-refractivity contribution in [3.63, 3.8) is 0 Å². The third kappa shape index (κ3) is 4.71. The number of rotatable bonds is 5. The lowest BCUT2D eigenvalue weighted by atomic mass is 9.93. The van der Waals surface area contributed by atoms with E-state index >= 15 is 0 Å². The first-order valence-electron chi connectivity index (χ1n) is 8.43. The molecule has 0 amide bonds. The number of aromatic nitrogens is 4. The van der Waals surface area contributed by atoms with Gasteiger partial charge < -0.3 is 4.98 Å². The molecule has 0 fully saturated rings. The summed E-state index contributed by atoms with van der Waals surface area (Å²) in [5.74, 6) is -2.25. The highest BCUT2D eigenvalue weighted by Gasteiger charge is 2.31. The van der Waals surface area contributed by atoms with E-state index in [1.54, 1.807) is 6.07 Å². The maximum absolute atomic E-state index is 14.1. The van der Waals surface area contributed by atoms with Crippen molar-refractivity contribution in [2.45, 2.75) is 25.4 Å². The zero-order valence-electron chi connectivity index (χ0n) is 15.0. The van der Waals surface area contributed by atoms with Crippen molar-refractivity contribution >= 4 is 5.78 Å². The van der Waals surface area contributed by atoms with Gasteiger partial charge in [-0.15, -0.1) is 0 Å². The van der Waals surface area contributed by atoms with E-state index < -0.39 is 34.8 Å². The van der Waals surface area contributed by atoms with Crippen molar-refractivity contribution in [2.24, 2.45) is 0 Å². The highest BCUT2D eigenvalue weighted by atomic mass is 19.4. The molecule has 0 saturated heterocycles. The molecular formula is C19H14F4N4O2. The summed E-state index contributed by atoms with van der Waals surface area (Å²) in [5.41, 5.74) is -1.92. The number of carbonyl (C=O) groups is 1. The highest BCUT2D eigenvalue weighted by Crippen LogP contribution is 2.32. The standard InChI is InChI=1S/C19H14F4N4O2/c1-10(12-4-3-11(8-13(12)20)19(21,22)23)7-15(28)14-9-16(29)27-18(26-14)17-24-5-2-6-25-17/h2-6,8-10H,7H2,1H3,(H,26,27,29)/t10-/m0/s1. The molecule has 29 heavy (non-hydrogen) atoms. The maximum Gasteiger partial charge on any atom is 0.416 e. The summed E-state index contributed by atoms with van der Waals surface area (Å²) in [7, 11) is 0. The summed E-state index contributed by atoms with van der Waals surface area (Å²) >= 11 is 0. The molecule has 0 unspecified atom stereocenters. The molecule has 0 radical (unpaired) electrons. The Kier molecular flexibility index (Phi) is 5.53. The molecule has 10 heteroatoms. The van der Waals surface area contributed by atoms with Gasteiger partial charge in [0.15, 0.2) is 17.4 Å². The molecule has 1 atom stereocenters. The van der Waals surface area contributed by atoms with Crippen LogP contribution in [0.25, 0.3) is 11.6 Å². The van der Waals surface area contributed by atoms with E-state index in [9.17, 15) is 27.2 Å². The van der Waals surface area contributed by atoms with E-state index in [0.717, 1.165) is 18.2 Å². The minimum absolute atomic E-state index is 0.00480. The number of hydrogen-bond donors (Lipinski definition) is 1. The molecule has 1 N–H and O–H groups in total. The van der Waals surface area contributed by atoms with Gasteiger partial charge in [0, 0.05) is 24.9 Å². The van der Waals surface area contributed by atoms with Crippen molar-refractivity contribution < 1.29 is 22.4 Å². The normalized spacial score (nSPS) is 12.6. The summed E-state index contributed by atoms with van der Waals surface area (Å²) in [6.07, 6.45) is -2.05. The topological polar surface area (TPSA) is 88.6 Å². The van der Waals surface area contributed by atoms with Crippen LogP contribution in [-0.4, -0.2) is 25.7 Å². The fourth-order valence-corrected chi connectivity index (χ4v) is 2.72. The van der Waals surface area contributed by atoms with Crippen LogP contribution in [0.15, 0.2) is 47.5 Å². The first-order chi connectivity index (χ1) is 13.6. The second-order valence-corrected chi connectivity index (χ2v) is 6.31. The molecule has 0 aliphatic rings. The minimum Gasteiger partial charge on any atom is -0.304 e. The third-order valence-electron chi connectivity index (χ3n) is 4.16. The minimum atomic E-state index is -4.66. The molecule has 1 aromatic carbocycles. The molecular weight excluding hydrogens is 392 g/mol. The number of H-pyrrole nitrogens is 1. The van der Waals surface area contributed by atoms with E-state index in [4.69, 9.17) is 0 Å². The van der Waals surface area contributed by atoms with Crippen molar-refractivity contribution in [1.82, 2.24) is 19.9 Å². The predicted molar refractivity (Wildman–Crippen MR) is 94.6 cm³/mol. The number of benzene rings is 1. The number of alkyl halides is 3. The van der Waals surface area contributed by atoms with Crippen molar-refractivity contribution in [2.75, 3.05) is 0 Å². The van der Waals surface area contributed by atoms with E-state index in [0.29, 0.717) is 6.07 Å². The third-order valence-corrected chi connectivity index (χ3v) is 4.16. The molecule has 150 valence electrons. The first kappa shape index (κ1) is 20.3. The smallest absolute Gasteiger partial charge is 0.304 e. The Bertz CT molecular complexity index is 1100. The Morgan fingerprint density at radius 3 is 2.48 bits per heavy atom. The van der Waals surface area contributed by atoms with Gasteiger partial charge in [0.2, 0.25) is 0 Å². The van der Waals surface area contributed by atoms with Crippen LogP contribution in [0.2, 0.25) is 0 Å². The van der Waals surface area contributed by atoms with E-state index in [1.807, 2.05) is 0 Å². The second kappa shape index (κ2) is 7.90. The van der Waals surface area contributed by atoms with E-state index in [2.05, 4.69) is 19.9 Å². The Morgan fingerprint density at radius 1 is 1.17 bits per heavy atom. The summed E-state index contributed by atoms with van der Waals surface area (Å²) < 4.78 is 52.2. The SMILES string of the molecule is C[C@@H](CC(=O)c1cc(=O)[nH]c(-c2ncccn2)n1)c1ccc(C(F)(F)F)cc1F. The van der Waals surface area contributed by atoms with Gasteiger partial charge in [0.25, 0.3) is 5.56 Å². The van der Waals surface area contributed by atoms with Gasteiger partial charge in [-0.3, -0.25) is 9.59 Å². The van der Waals surface area contributed by atoms with Crippen LogP contribution in [-0.2, 0) is 6.18 Å². The lowest BCUT2D eigenvalue weighted by molar-refractivity contribution is -0.137. The zero-order chi connectivity index (χ0) is 21.2. The molecule has 3 rings (SSSR count). The number of halogens is 4. The molecule has 2 heterocycles. The van der Waals surface area contributed by atoms with Gasteiger partial charge >= 0.3 is 6.18 Å². The Labute approximate surface area is 161 Å². The summed E-state index contributed by atoms with van der Waals surface area (Å²) in [5, 5.41) is 0. The summed E-state index contributed by atoms with van der Waals surface area (Å²) in [6, 6.07) is 4.72. The zero-order valence-corrected chi connectivity index (χ0v) is 15.0. The Hall–Kier alpha value is -3.43. The van der Waals surface area contributed by atoms with Gasteiger partial charge in [-0.25, -0.2) is 19.3 Å². The van der Waals surface area contributed by atoms with Crippen LogP contribution in [0.3, 0.4) is 0 Å². The number of ketones is 1. The van der Waals surface area contributed by atoms with Crippen LogP contribution in [0.5, 0.6) is 0 Å². The largest absolute Gasteiger partial charge is 0.416 e. The van der Waals surface area contributed by atoms with Crippen molar-refractivity contribution in [1.29, 1.82) is 0 Å². The van der Waals surface area contributed by atoms with Gasteiger partial charge in [0.1, 0.15) is 11.5 Å². The van der Waals surface area contributed by atoms with Crippen LogP contribution in [0.4, 0.5) is 17.6 Å². The number of nitrogens with one attached hydrogen (secondary N) is 1. The summed E-state index contributed by atoms with van der Waals surface area (Å²) in [6.45, 7) is 1.50. The van der Waals surface area contributed by atoms with E-state index in [1.165, 1.54) is 19.3 Å². The van der Waals surface area contributed by atoms with Crippen LogP contribution in [0, 0.1) is 5.82 Å². The fraction of sp³-hybridized carbons (Fsp3) is 0.211. The first-order valence-corrected chi connectivity index (χ1v) is 8.43. The average Bonchev–Trinajstić information content (AvgIpc) is 2.67. The van der Waals surface area contributed by atoms with Gasteiger partial charge in [-0.1, -0.05) is 13.0 Å². The average molecular weight is 406 g/mol. The molecule has 0 saturated carbocycles. The number of hydrogen-bond acceptors (Lipinski definition) is 5. The molecule has 0 spiro atoms. The van der Waals surface area contributed by atoms with Gasteiger partial charge in [-0.05, 0) is 29.7 Å². The van der Waals surface area contributed by atoms with Gasteiger partial charge in [-0.2, -0.15) is 13.2 Å². The lowest BCUT2D eigenvalue weighted by Crippen LogP contribution is -2.16. The lowest BCUT2D eigenvalue weighted by Gasteiger charge is -2.14. The maximum atomic E-state index is 14.1. The second-order valence-electron chi connectivity index (χ2n) is 6.31. The summed E-state index contributed by atoms with van der Waals surface area (Å²) in [4.78, 5) is 38.8. The van der Waals surface area contributed by atoms with Crippen molar-refractivity contribution in [3.05, 3.63) is 75.7 Å². The number of carbonyl (C=O) groups excluding carboxylic acids is 1. The molecule has 0 aliphatic carbocycles. The van der Waals surface area contributed by atoms with Crippen molar-refractivity contribution in [3.8, 4) is 11.6 Å². The monoisotopic (exact) mass is 406 g/mol. The molecule has 0 bridgehead atoms. The molecule has 6 nitrogen and oxygen atoms in total. The number of nitrogens with zero attached hydrogens (tertiary/aromatic N) is 3. The van der Waals surface area contributed by atoms with E-state index in [-0.39, 0.29) is 29.3 Å². The fourth-order valence-electron chi connectivity index (χ4n) is 2.72. The Morgan fingerprint density at radius 2 is 1.86 bits per heavy atom. The molecule has 0 aliphatic heterocycles.